The van der Waals surface area contributed by atoms with Crippen LogP contribution in [0.3, 0.4) is 0 Å². The Bertz CT molecular complexity index is 1060. The fraction of sp³-hybridized carbons (Fsp3) is 0.200. The maximum atomic E-state index is 14.2. The van der Waals surface area contributed by atoms with Gasteiger partial charge in [-0.15, -0.1) is 0 Å². The van der Waals surface area contributed by atoms with Crippen molar-refractivity contribution >= 4 is 11.7 Å². The van der Waals surface area contributed by atoms with Crippen molar-refractivity contribution in [3.63, 3.8) is 0 Å². The number of carbonyl (C=O) groups excluding carboxylic acids is 1. The van der Waals surface area contributed by atoms with Crippen LogP contribution in [-0.4, -0.2) is 27.4 Å². The first-order chi connectivity index (χ1) is 13.5. The van der Waals surface area contributed by atoms with E-state index in [-0.39, 0.29) is 29.7 Å². The van der Waals surface area contributed by atoms with Crippen LogP contribution in [0, 0.1) is 11.6 Å². The first-order valence-electron chi connectivity index (χ1n) is 8.76. The molecule has 1 aliphatic heterocycles. The molecule has 0 aliphatic carbocycles. The number of hydrogen-bond donors (Lipinski definition) is 2. The summed E-state index contributed by atoms with van der Waals surface area (Å²) in [5.74, 6) is -1.42. The Balaban J connectivity index is 1.80. The van der Waals surface area contributed by atoms with E-state index >= 15 is 0 Å². The lowest BCUT2D eigenvalue weighted by molar-refractivity contribution is -0.116. The van der Waals surface area contributed by atoms with E-state index in [0.29, 0.717) is 23.7 Å². The Morgan fingerprint density at radius 3 is 2.86 bits per heavy atom. The number of nitrogens with one attached hydrogen (secondary N) is 1. The highest BCUT2D eigenvalue weighted by Gasteiger charge is 2.31. The Morgan fingerprint density at radius 1 is 1.29 bits per heavy atom. The number of amides is 1. The van der Waals surface area contributed by atoms with Crippen molar-refractivity contribution in [1.29, 1.82) is 0 Å². The SMILES string of the molecule is CCOc1cc(C2CC(=O)Nc3c2cnn3-c2ccc(F)cc2F)ccc1O. The Morgan fingerprint density at radius 2 is 2.11 bits per heavy atom. The first-order valence-corrected chi connectivity index (χ1v) is 8.76. The molecule has 0 saturated heterocycles. The van der Waals surface area contributed by atoms with Crippen molar-refractivity contribution in [3.05, 3.63) is 65.4 Å². The van der Waals surface area contributed by atoms with E-state index in [4.69, 9.17) is 4.74 Å². The molecule has 2 heterocycles. The lowest BCUT2D eigenvalue weighted by atomic mass is 9.87. The minimum Gasteiger partial charge on any atom is -0.504 e. The molecule has 144 valence electrons. The van der Waals surface area contributed by atoms with Crippen molar-refractivity contribution in [3.8, 4) is 17.2 Å². The number of benzene rings is 2. The zero-order valence-electron chi connectivity index (χ0n) is 14.9. The number of carbonyl (C=O) groups is 1. The van der Waals surface area contributed by atoms with Gasteiger partial charge in [0.1, 0.15) is 17.3 Å². The minimum atomic E-state index is -0.787. The second-order valence-electron chi connectivity index (χ2n) is 6.42. The third kappa shape index (κ3) is 3.06. The molecule has 6 nitrogen and oxygen atoms in total. The fourth-order valence-electron chi connectivity index (χ4n) is 3.37. The number of phenols is 1. The number of ether oxygens (including phenoxy) is 1. The molecule has 1 aromatic heterocycles. The van der Waals surface area contributed by atoms with Gasteiger partial charge in [0.15, 0.2) is 17.3 Å². The number of halogens is 2. The van der Waals surface area contributed by atoms with Gasteiger partial charge in [0.05, 0.1) is 12.8 Å². The van der Waals surface area contributed by atoms with Gasteiger partial charge < -0.3 is 15.2 Å². The molecule has 2 aromatic carbocycles. The average molecular weight is 385 g/mol. The predicted molar refractivity (Wildman–Crippen MR) is 97.8 cm³/mol. The number of rotatable bonds is 4. The molecule has 1 atom stereocenters. The fourth-order valence-corrected chi connectivity index (χ4v) is 3.37. The number of anilines is 1. The standard InChI is InChI=1S/C20H17F2N3O3/c1-2-28-18-7-11(3-6-17(18)26)13-9-19(27)24-20-14(13)10-23-25(20)16-5-4-12(21)8-15(16)22/h3-8,10,13,26H,2,9H2,1H3,(H,24,27). The van der Waals surface area contributed by atoms with Crippen molar-refractivity contribution in [2.75, 3.05) is 11.9 Å². The molecule has 2 N–H and O–H groups in total. The first kappa shape index (κ1) is 18.0. The molecule has 0 spiro atoms. The van der Waals surface area contributed by atoms with Crippen LogP contribution >= 0.6 is 0 Å². The summed E-state index contributed by atoms with van der Waals surface area (Å²) in [7, 11) is 0. The maximum Gasteiger partial charge on any atom is 0.226 e. The quantitative estimate of drug-likeness (QED) is 0.718. The van der Waals surface area contributed by atoms with Gasteiger partial charge in [0, 0.05) is 24.0 Å². The average Bonchev–Trinajstić information content (AvgIpc) is 3.06. The number of hydrogen-bond acceptors (Lipinski definition) is 4. The Hall–Kier alpha value is -3.42. The summed E-state index contributed by atoms with van der Waals surface area (Å²) >= 11 is 0. The summed E-state index contributed by atoms with van der Waals surface area (Å²) in [5.41, 5.74) is 1.48. The number of phenolic OH excluding ortho intramolecular Hbond substituents is 1. The third-order valence-corrected chi connectivity index (χ3v) is 4.64. The van der Waals surface area contributed by atoms with Gasteiger partial charge in [-0.3, -0.25) is 4.79 Å². The molecule has 8 heteroatoms. The molecular formula is C20H17F2N3O3. The number of aromatic hydroxyl groups is 1. The van der Waals surface area contributed by atoms with Crippen LogP contribution in [0.1, 0.15) is 30.4 Å². The molecular weight excluding hydrogens is 368 g/mol. The minimum absolute atomic E-state index is 0.00941. The van der Waals surface area contributed by atoms with Crippen LogP contribution < -0.4 is 10.1 Å². The van der Waals surface area contributed by atoms with Crippen LogP contribution in [0.15, 0.2) is 42.6 Å². The Kier molecular flexibility index (Phi) is 4.46. The topological polar surface area (TPSA) is 76.4 Å². The summed E-state index contributed by atoms with van der Waals surface area (Å²) in [6.45, 7) is 2.19. The van der Waals surface area contributed by atoms with E-state index in [2.05, 4.69) is 10.4 Å². The largest absolute Gasteiger partial charge is 0.504 e. The zero-order valence-corrected chi connectivity index (χ0v) is 14.9. The second-order valence-corrected chi connectivity index (χ2v) is 6.42. The van der Waals surface area contributed by atoms with Crippen LogP contribution in [0.2, 0.25) is 0 Å². The smallest absolute Gasteiger partial charge is 0.226 e. The van der Waals surface area contributed by atoms with Crippen LogP contribution in [-0.2, 0) is 4.79 Å². The molecule has 0 saturated carbocycles. The number of aromatic nitrogens is 2. The normalized spacial score (nSPS) is 15.8. The summed E-state index contributed by atoms with van der Waals surface area (Å²) in [5, 5.41) is 16.8. The van der Waals surface area contributed by atoms with Gasteiger partial charge in [-0.25, -0.2) is 13.5 Å². The van der Waals surface area contributed by atoms with E-state index < -0.39 is 11.6 Å². The van der Waals surface area contributed by atoms with E-state index in [0.717, 1.165) is 17.7 Å². The second kappa shape index (κ2) is 6.95. The molecule has 0 fully saturated rings. The van der Waals surface area contributed by atoms with Gasteiger partial charge in [-0.1, -0.05) is 6.07 Å². The number of fused-ring (bicyclic) bond motifs is 1. The van der Waals surface area contributed by atoms with Gasteiger partial charge in [-0.05, 0) is 36.8 Å². The van der Waals surface area contributed by atoms with E-state index in [1.165, 1.54) is 16.8 Å². The summed E-state index contributed by atoms with van der Waals surface area (Å²) in [6, 6.07) is 8.06. The van der Waals surface area contributed by atoms with Gasteiger partial charge >= 0.3 is 0 Å². The Labute approximate surface area is 159 Å². The molecule has 3 aromatic rings. The van der Waals surface area contributed by atoms with Crippen molar-refractivity contribution < 1.29 is 23.4 Å². The highest BCUT2D eigenvalue weighted by Crippen LogP contribution is 2.40. The van der Waals surface area contributed by atoms with Crippen molar-refractivity contribution in [1.82, 2.24) is 9.78 Å². The molecule has 1 amide bonds. The molecule has 28 heavy (non-hydrogen) atoms. The predicted octanol–water partition coefficient (Wildman–Crippen LogP) is 3.73. The monoisotopic (exact) mass is 385 g/mol. The van der Waals surface area contributed by atoms with Crippen LogP contribution in [0.5, 0.6) is 11.5 Å². The van der Waals surface area contributed by atoms with Crippen LogP contribution in [0.25, 0.3) is 5.69 Å². The highest BCUT2D eigenvalue weighted by atomic mass is 19.1. The number of nitrogens with zero attached hydrogens (tertiary/aromatic N) is 2. The van der Waals surface area contributed by atoms with Crippen LogP contribution in [0.4, 0.5) is 14.6 Å². The van der Waals surface area contributed by atoms with E-state index in [1.807, 2.05) is 0 Å². The van der Waals surface area contributed by atoms with E-state index in [1.54, 1.807) is 25.3 Å². The van der Waals surface area contributed by atoms with E-state index in [9.17, 15) is 18.7 Å². The molecule has 1 unspecified atom stereocenters. The lowest BCUT2D eigenvalue weighted by Gasteiger charge is -2.24. The zero-order chi connectivity index (χ0) is 19.8. The van der Waals surface area contributed by atoms with Gasteiger partial charge in [-0.2, -0.15) is 5.10 Å². The highest BCUT2D eigenvalue weighted by molar-refractivity contribution is 5.94. The van der Waals surface area contributed by atoms with Crippen molar-refractivity contribution in [2.45, 2.75) is 19.3 Å². The van der Waals surface area contributed by atoms with Crippen molar-refractivity contribution in [2.24, 2.45) is 0 Å². The third-order valence-electron chi connectivity index (χ3n) is 4.64. The summed E-state index contributed by atoms with van der Waals surface area (Å²) in [6.07, 6.45) is 1.72. The molecule has 1 aliphatic rings. The lowest BCUT2D eigenvalue weighted by Crippen LogP contribution is -2.24. The molecule has 0 radical (unpaired) electrons. The summed E-state index contributed by atoms with van der Waals surface area (Å²) < 4.78 is 34.1. The van der Waals surface area contributed by atoms with Gasteiger partial charge in [0.25, 0.3) is 0 Å². The van der Waals surface area contributed by atoms with Gasteiger partial charge in [0.2, 0.25) is 5.91 Å². The molecule has 0 bridgehead atoms. The maximum absolute atomic E-state index is 14.2. The summed E-state index contributed by atoms with van der Waals surface area (Å²) in [4.78, 5) is 12.3. The molecule has 4 rings (SSSR count).